The Morgan fingerprint density at radius 2 is 2.12 bits per heavy atom. The summed E-state index contributed by atoms with van der Waals surface area (Å²) >= 11 is 0. The summed E-state index contributed by atoms with van der Waals surface area (Å²) in [5.74, 6) is 0.331. The molecule has 1 aliphatic heterocycles. The summed E-state index contributed by atoms with van der Waals surface area (Å²) in [6, 6.07) is 7.75. The van der Waals surface area contributed by atoms with E-state index in [0.717, 1.165) is 29.4 Å². The third kappa shape index (κ3) is 2.66. The van der Waals surface area contributed by atoms with Gasteiger partial charge in [0.2, 0.25) is 0 Å². The molecule has 1 saturated heterocycles. The fourth-order valence-electron chi connectivity index (χ4n) is 4.37. The lowest BCUT2D eigenvalue weighted by atomic mass is 9.58. The van der Waals surface area contributed by atoms with Crippen LogP contribution in [-0.2, 0) is 4.74 Å². The highest BCUT2D eigenvalue weighted by Crippen LogP contribution is 2.51. The van der Waals surface area contributed by atoms with Gasteiger partial charge >= 0.3 is 0 Å². The Balaban J connectivity index is 1.47. The number of aliphatic hydroxyl groups excluding tert-OH is 1. The van der Waals surface area contributed by atoms with E-state index in [0.29, 0.717) is 31.9 Å². The Labute approximate surface area is 147 Å². The summed E-state index contributed by atoms with van der Waals surface area (Å²) in [5, 5.41) is 11.2. The smallest absolute Gasteiger partial charge is 0.289 e. The Hall–Kier alpha value is -1.85. The van der Waals surface area contributed by atoms with E-state index < -0.39 is 0 Å². The van der Waals surface area contributed by atoms with Crippen molar-refractivity contribution in [3.8, 4) is 0 Å². The average molecular weight is 343 g/mol. The molecule has 2 heterocycles. The van der Waals surface area contributed by atoms with E-state index in [1.807, 2.05) is 43.0 Å². The Kier molecular flexibility index (Phi) is 4.08. The van der Waals surface area contributed by atoms with Crippen molar-refractivity contribution in [3.63, 3.8) is 0 Å². The zero-order valence-corrected chi connectivity index (χ0v) is 14.8. The lowest BCUT2D eigenvalue weighted by molar-refractivity contribution is -0.207. The van der Waals surface area contributed by atoms with Crippen molar-refractivity contribution >= 4 is 16.9 Å². The molecule has 2 aliphatic rings. The summed E-state index contributed by atoms with van der Waals surface area (Å²) in [6.07, 6.45) is 2.09. The highest BCUT2D eigenvalue weighted by molar-refractivity contribution is 5.96. The standard InChI is InChI=1S/C20H25NO4/c1-3-24-18-12-17(22)20(18)6-8-21(9-7-20)19(23)16-11-14-10-13(2)4-5-15(14)25-16/h4-5,10-11,17-18,22H,3,6-9,12H2,1-2H3/t17-,18-/m0/s1. The molecule has 1 aliphatic carbocycles. The van der Waals surface area contributed by atoms with E-state index in [9.17, 15) is 9.90 Å². The maximum Gasteiger partial charge on any atom is 0.289 e. The van der Waals surface area contributed by atoms with E-state index >= 15 is 0 Å². The predicted octanol–water partition coefficient (Wildman–Crippen LogP) is 3.13. The molecular formula is C20H25NO4. The van der Waals surface area contributed by atoms with Crippen LogP contribution in [0.2, 0.25) is 0 Å². The minimum atomic E-state index is -0.310. The van der Waals surface area contributed by atoms with Crippen molar-refractivity contribution in [2.75, 3.05) is 19.7 Å². The number of fused-ring (bicyclic) bond motifs is 1. The van der Waals surface area contributed by atoms with Gasteiger partial charge in [-0.1, -0.05) is 11.6 Å². The molecule has 2 fully saturated rings. The first-order chi connectivity index (χ1) is 12.0. The maximum absolute atomic E-state index is 12.8. The van der Waals surface area contributed by atoms with Crippen molar-refractivity contribution in [1.29, 1.82) is 0 Å². The van der Waals surface area contributed by atoms with Gasteiger partial charge in [-0.25, -0.2) is 0 Å². The minimum absolute atomic E-state index is 0.0644. The molecule has 134 valence electrons. The topological polar surface area (TPSA) is 62.9 Å². The normalized spacial score (nSPS) is 25.3. The van der Waals surface area contributed by atoms with Gasteiger partial charge in [0.05, 0.1) is 12.2 Å². The molecule has 5 nitrogen and oxygen atoms in total. The largest absolute Gasteiger partial charge is 0.451 e. The number of amides is 1. The second-order valence-corrected chi connectivity index (χ2v) is 7.37. The molecule has 1 saturated carbocycles. The van der Waals surface area contributed by atoms with Crippen LogP contribution < -0.4 is 0 Å². The van der Waals surface area contributed by atoms with Gasteiger partial charge in [-0.3, -0.25) is 4.79 Å². The molecule has 1 spiro atoms. The number of hydrogen-bond acceptors (Lipinski definition) is 4. The molecular weight excluding hydrogens is 318 g/mol. The highest BCUT2D eigenvalue weighted by atomic mass is 16.5. The number of rotatable bonds is 3. The molecule has 1 N–H and O–H groups in total. The van der Waals surface area contributed by atoms with Crippen LogP contribution in [0.4, 0.5) is 0 Å². The van der Waals surface area contributed by atoms with Crippen molar-refractivity contribution in [2.24, 2.45) is 5.41 Å². The van der Waals surface area contributed by atoms with Crippen LogP contribution in [0.3, 0.4) is 0 Å². The minimum Gasteiger partial charge on any atom is -0.451 e. The number of benzene rings is 1. The molecule has 0 radical (unpaired) electrons. The maximum atomic E-state index is 12.8. The van der Waals surface area contributed by atoms with Gasteiger partial charge in [-0.05, 0) is 44.9 Å². The summed E-state index contributed by atoms with van der Waals surface area (Å²) in [5.41, 5.74) is 1.72. The van der Waals surface area contributed by atoms with Crippen molar-refractivity contribution in [3.05, 3.63) is 35.6 Å². The van der Waals surface area contributed by atoms with Crippen LogP contribution in [0, 0.1) is 12.3 Å². The van der Waals surface area contributed by atoms with Gasteiger partial charge < -0.3 is 19.2 Å². The van der Waals surface area contributed by atoms with E-state index in [1.165, 1.54) is 0 Å². The Morgan fingerprint density at radius 1 is 1.36 bits per heavy atom. The summed E-state index contributed by atoms with van der Waals surface area (Å²) in [6.45, 7) is 5.95. The lowest BCUT2D eigenvalue weighted by Gasteiger charge is -2.56. The summed E-state index contributed by atoms with van der Waals surface area (Å²) in [4.78, 5) is 14.6. The van der Waals surface area contributed by atoms with Gasteiger partial charge in [-0.2, -0.15) is 0 Å². The number of furan rings is 1. The monoisotopic (exact) mass is 343 g/mol. The SMILES string of the molecule is CCO[C@H]1C[C@H](O)C12CCN(C(=O)c1cc3cc(C)ccc3o1)CC2. The molecule has 2 aromatic rings. The zero-order valence-electron chi connectivity index (χ0n) is 14.8. The first kappa shape index (κ1) is 16.6. The number of aliphatic hydroxyl groups is 1. The molecule has 1 aromatic heterocycles. The van der Waals surface area contributed by atoms with Crippen LogP contribution in [-0.4, -0.2) is 47.8 Å². The second kappa shape index (κ2) is 6.15. The van der Waals surface area contributed by atoms with Gasteiger partial charge in [0, 0.05) is 36.9 Å². The van der Waals surface area contributed by atoms with Crippen molar-refractivity contribution < 1.29 is 19.1 Å². The number of ether oxygens (including phenoxy) is 1. The summed E-state index contributed by atoms with van der Waals surface area (Å²) in [7, 11) is 0. The summed E-state index contributed by atoms with van der Waals surface area (Å²) < 4.78 is 11.5. The molecule has 0 bridgehead atoms. The third-order valence-electron chi connectivity index (χ3n) is 5.97. The van der Waals surface area contributed by atoms with Gasteiger partial charge in [0.25, 0.3) is 5.91 Å². The number of likely N-dealkylation sites (tertiary alicyclic amines) is 1. The number of piperidine rings is 1. The lowest BCUT2D eigenvalue weighted by Crippen LogP contribution is -2.62. The van der Waals surface area contributed by atoms with Crippen LogP contribution in [0.1, 0.15) is 42.3 Å². The quantitative estimate of drug-likeness (QED) is 0.930. The fraction of sp³-hybridized carbons (Fsp3) is 0.550. The van der Waals surface area contributed by atoms with Gasteiger partial charge in [0.1, 0.15) is 5.58 Å². The van der Waals surface area contributed by atoms with Crippen molar-refractivity contribution in [2.45, 2.75) is 45.3 Å². The Bertz CT molecular complexity index is 786. The number of nitrogens with zero attached hydrogens (tertiary/aromatic N) is 1. The zero-order chi connectivity index (χ0) is 17.6. The van der Waals surface area contributed by atoms with Crippen LogP contribution in [0.5, 0.6) is 0 Å². The number of aryl methyl sites for hydroxylation is 1. The van der Waals surface area contributed by atoms with E-state index in [2.05, 4.69) is 0 Å². The van der Waals surface area contributed by atoms with Crippen LogP contribution in [0.15, 0.2) is 28.7 Å². The molecule has 2 atom stereocenters. The molecule has 4 rings (SSSR count). The van der Waals surface area contributed by atoms with E-state index in [1.54, 1.807) is 0 Å². The Morgan fingerprint density at radius 3 is 2.80 bits per heavy atom. The van der Waals surface area contributed by atoms with Crippen LogP contribution >= 0.6 is 0 Å². The number of carbonyl (C=O) groups is 1. The fourth-order valence-corrected chi connectivity index (χ4v) is 4.37. The first-order valence-corrected chi connectivity index (χ1v) is 9.12. The third-order valence-corrected chi connectivity index (χ3v) is 5.97. The van der Waals surface area contributed by atoms with Gasteiger partial charge in [-0.15, -0.1) is 0 Å². The molecule has 0 unspecified atom stereocenters. The predicted molar refractivity (Wildman–Crippen MR) is 94.6 cm³/mol. The van der Waals surface area contributed by atoms with Crippen LogP contribution in [0.25, 0.3) is 11.0 Å². The number of hydrogen-bond donors (Lipinski definition) is 1. The highest BCUT2D eigenvalue weighted by Gasteiger charge is 2.56. The molecule has 25 heavy (non-hydrogen) atoms. The molecule has 5 heteroatoms. The molecule has 1 amide bonds. The molecule has 1 aromatic carbocycles. The average Bonchev–Trinajstić information content (AvgIpc) is 3.04. The van der Waals surface area contributed by atoms with E-state index in [4.69, 9.17) is 9.15 Å². The number of carbonyl (C=O) groups excluding carboxylic acids is 1. The van der Waals surface area contributed by atoms with Crippen molar-refractivity contribution in [1.82, 2.24) is 4.90 Å². The second-order valence-electron chi connectivity index (χ2n) is 7.37. The van der Waals surface area contributed by atoms with E-state index in [-0.39, 0.29) is 23.5 Å². The first-order valence-electron chi connectivity index (χ1n) is 9.12. The van der Waals surface area contributed by atoms with Gasteiger partial charge in [0.15, 0.2) is 5.76 Å².